The Bertz CT molecular complexity index is 583. The fourth-order valence-corrected chi connectivity index (χ4v) is 3.15. The van der Waals surface area contributed by atoms with Gasteiger partial charge < -0.3 is 14.5 Å². The fraction of sp³-hybridized carbons (Fsp3) is 0.625. The van der Waals surface area contributed by atoms with Crippen molar-refractivity contribution >= 4 is 0 Å². The highest BCUT2D eigenvalue weighted by Gasteiger charge is 2.20. The molecule has 2 aromatic heterocycles. The van der Waals surface area contributed by atoms with Crippen molar-refractivity contribution in [1.29, 1.82) is 0 Å². The second kappa shape index (κ2) is 6.43. The molecule has 0 aromatic carbocycles. The number of aromatic nitrogens is 4. The van der Waals surface area contributed by atoms with Gasteiger partial charge >= 0.3 is 0 Å². The predicted molar refractivity (Wildman–Crippen MR) is 83.1 cm³/mol. The van der Waals surface area contributed by atoms with Gasteiger partial charge in [-0.3, -0.25) is 0 Å². The molecule has 5 heteroatoms. The van der Waals surface area contributed by atoms with E-state index in [4.69, 9.17) is 0 Å². The molecule has 0 aliphatic heterocycles. The summed E-state index contributed by atoms with van der Waals surface area (Å²) in [6, 6.07) is 0.517. The number of nitrogens with one attached hydrogen (secondary N) is 1. The van der Waals surface area contributed by atoms with Gasteiger partial charge in [0.2, 0.25) is 0 Å². The molecule has 0 bridgehead atoms. The van der Waals surface area contributed by atoms with Crippen molar-refractivity contribution in [3.05, 3.63) is 35.7 Å². The summed E-state index contributed by atoms with van der Waals surface area (Å²) in [6.07, 6.45) is 12.6. The van der Waals surface area contributed by atoms with Crippen LogP contribution in [0.15, 0.2) is 18.7 Å². The van der Waals surface area contributed by atoms with Crippen LogP contribution in [0.5, 0.6) is 0 Å². The largest absolute Gasteiger partial charge is 0.346 e. The lowest BCUT2D eigenvalue weighted by molar-refractivity contribution is 0.488. The lowest BCUT2D eigenvalue weighted by Crippen LogP contribution is -2.21. The highest BCUT2D eigenvalue weighted by atomic mass is 15.3. The molecular weight excluding hydrogens is 262 g/mol. The number of rotatable bonds is 5. The van der Waals surface area contributed by atoms with Gasteiger partial charge in [-0.05, 0) is 43.4 Å². The molecule has 2 aromatic rings. The Hall–Kier alpha value is -1.62. The van der Waals surface area contributed by atoms with E-state index in [9.17, 15) is 0 Å². The van der Waals surface area contributed by atoms with Gasteiger partial charge in [0.1, 0.15) is 6.33 Å². The van der Waals surface area contributed by atoms with Crippen LogP contribution in [0.3, 0.4) is 0 Å². The van der Waals surface area contributed by atoms with Gasteiger partial charge in [0.15, 0.2) is 5.82 Å². The minimum atomic E-state index is 0.517. The van der Waals surface area contributed by atoms with Gasteiger partial charge in [-0.25, -0.2) is 0 Å². The molecule has 5 nitrogen and oxygen atoms in total. The summed E-state index contributed by atoms with van der Waals surface area (Å²) < 4.78 is 4.25. The molecule has 1 unspecified atom stereocenters. The molecule has 0 amide bonds. The second-order valence-corrected chi connectivity index (χ2v) is 6.02. The quantitative estimate of drug-likeness (QED) is 0.859. The molecule has 0 saturated carbocycles. The van der Waals surface area contributed by atoms with Crippen LogP contribution in [0.2, 0.25) is 0 Å². The van der Waals surface area contributed by atoms with E-state index in [0.29, 0.717) is 6.04 Å². The van der Waals surface area contributed by atoms with Gasteiger partial charge in [-0.15, -0.1) is 10.2 Å². The third-order valence-corrected chi connectivity index (χ3v) is 4.33. The molecule has 114 valence electrons. The average molecular weight is 287 g/mol. The van der Waals surface area contributed by atoms with Crippen LogP contribution in [0.4, 0.5) is 0 Å². The number of aryl methyl sites for hydroxylation is 2. The monoisotopic (exact) mass is 287 g/mol. The SMILES string of the molecule is CCCNC1CCCCc2cn(Cc3nncn3C)cc21. The Morgan fingerprint density at radius 1 is 1.33 bits per heavy atom. The first-order valence-electron chi connectivity index (χ1n) is 8.02. The number of fused-ring (bicyclic) bond motifs is 1. The normalized spacial score (nSPS) is 18.5. The maximum atomic E-state index is 4.18. The first-order chi connectivity index (χ1) is 10.3. The topological polar surface area (TPSA) is 47.7 Å². The third-order valence-electron chi connectivity index (χ3n) is 4.33. The molecule has 1 atom stereocenters. The van der Waals surface area contributed by atoms with Crippen LogP contribution in [-0.4, -0.2) is 25.9 Å². The molecular formula is C16H25N5. The maximum Gasteiger partial charge on any atom is 0.152 e. The molecule has 3 rings (SSSR count). The summed E-state index contributed by atoms with van der Waals surface area (Å²) in [7, 11) is 2.00. The molecule has 21 heavy (non-hydrogen) atoms. The van der Waals surface area contributed by atoms with Crippen LogP contribution in [0, 0.1) is 0 Å². The number of hydrogen-bond acceptors (Lipinski definition) is 3. The van der Waals surface area contributed by atoms with Crippen LogP contribution in [0.1, 0.15) is 55.6 Å². The van der Waals surface area contributed by atoms with Gasteiger partial charge in [0, 0.05) is 25.5 Å². The zero-order valence-corrected chi connectivity index (χ0v) is 13.0. The summed E-state index contributed by atoms with van der Waals surface area (Å²) in [5.74, 6) is 0.998. The summed E-state index contributed by atoms with van der Waals surface area (Å²) >= 11 is 0. The molecule has 1 N–H and O–H groups in total. The lowest BCUT2D eigenvalue weighted by Gasteiger charge is -2.16. The zero-order valence-electron chi connectivity index (χ0n) is 13.0. The maximum absolute atomic E-state index is 4.18. The fourth-order valence-electron chi connectivity index (χ4n) is 3.15. The van der Waals surface area contributed by atoms with E-state index in [1.807, 2.05) is 11.6 Å². The molecule has 0 saturated heterocycles. The first kappa shape index (κ1) is 14.3. The Morgan fingerprint density at radius 3 is 3.00 bits per heavy atom. The smallest absolute Gasteiger partial charge is 0.152 e. The summed E-state index contributed by atoms with van der Waals surface area (Å²) in [6.45, 7) is 4.12. The van der Waals surface area contributed by atoms with E-state index < -0.39 is 0 Å². The number of nitrogens with zero attached hydrogens (tertiary/aromatic N) is 4. The van der Waals surface area contributed by atoms with Crippen molar-refractivity contribution in [1.82, 2.24) is 24.6 Å². The van der Waals surface area contributed by atoms with E-state index in [1.165, 1.54) is 43.2 Å². The Balaban J connectivity index is 1.81. The van der Waals surface area contributed by atoms with Crippen LogP contribution in [-0.2, 0) is 20.0 Å². The average Bonchev–Trinajstić information content (AvgIpc) is 3.01. The van der Waals surface area contributed by atoms with Crippen molar-refractivity contribution in [2.45, 2.75) is 51.6 Å². The Morgan fingerprint density at radius 2 is 2.24 bits per heavy atom. The molecule has 1 aliphatic rings. The van der Waals surface area contributed by atoms with E-state index in [1.54, 1.807) is 6.33 Å². The van der Waals surface area contributed by atoms with E-state index >= 15 is 0 Å². The lowest BCUT2D eigenvalue weighted by atomic mass is 10.0. The molecule has 1 aliphatic carbocycles. The molecule has 0 fully saturated rings. The highest BCUT2D eigenvalue weighted by molar-refractivity contribution is 5.29. The predicted octanol–water partition coefficient (Wildman–Crippen LogP) is 2.43. The number of hydrogen-bond donors (Lipinski definition) is 1. The Labute approximate surface area is 126 Å². The van der Waals surface area contributed by atoms with E-state index in [2.05, 4.69) is 39.4 Å². The summed E-state index contributed by atoms with van der Waals surface area (Å²) in [5, 5.41) is 11.8. The van der Waals surface area contributed by atoms with Gasteiger partial charge in [-0.2, -0.15) is 0 Å². The van der Waals surface area contributed by atoms with Crippen LogP contribution in [0.25, 0.3) is 0 Å². The van der Waals surface area contributed by atoms with E-state index in [-0.39, 0.29) is 0 Å². The van der Waals surface area contributed by atoms with Gasteiger partial charge in [-0.1, -0.05) is 13.3 Å². The van der Waals surface area contributed by atoms with Crippen LogP contribution >= 0.6 is 0 Å². The van der Waals surface area contributed by atoms with Gasteiger partial charge in [0.25, 0.3) is 0 Å². The highest BCUT2D eigenvalue weighted by Crippen LogP contribution is 2.29. The standard InChI is InChI=1S/C16H25N5/c1-3-8-17-15-7-5-4-6-13-9-21(10-14(13)15)11-16-19-18-12-20(16)2/h9-10,12,15,17H,3-8,11H2,1-2H3. The molecule has 0 spiro atoms. The summed E-state index contributed by atoms with van der Waals surface area (Å²) in [4.78, 5) is 0. The zero-order chi connectivity index (χ0) is 14.7. The molecule has 2 heterocycles. The second-order valence-electron chi connectivity index (χ2n) is 6.02. The van der Waals surface area contributed by atoms with Gasteiger partial charge in [0.05, 0.1) is 6.54 Å². The minimum absolute atomic E-state index is 0.517. The van der Waals surface area contributed by atoms with Crippen LogP contribution < -0.4 is 5.32 Å². The third kappa shape index (κ3) is 3.18. The summed E-state index contributed by atoms with van der Waals surface area (Å²) in [5.41, 5.74) is 2.99. The first-order valence-corrected chi connectivity index (χ1v) is 8.02. The minimum Gasteiger partial charge on any atom is -0.346 e. The molecule has 0 radical (unpaired) electrons. The van der Waals surface area contributed by atoms with Crippen molar-refractivity contribution in [3.8, 4) is 0 Å². The van der Waals surface area contributed by atoms with Crippen molar-refractivity contribution < 1.29 is 0 Å². The van der Waals surface area contributed by atoms with Crippen molar-refractivity contribution in [2.24, 2.45) is 7.05 Å². The van der Waals surface area contributed by atoms with Crippen molar-refractivity contribution in [3.63, 3.8) is 0 Å². The Kier molecular flexibility index (Phi) is 4.39. The van der Waals surface area contributed by atoms with Crippen molar-refractivity contribution in [2.75, 3.05) is 6.54 Å². The van der Waals surface area contributed by atoms with E-state index in [0.717, 1.165) is 18.9 Å².